The van der Waals surface area contributed by atoms with Crippen LogP contribution < -0.4 is 0 Å². The predicted molar refractivity (Wildman–Crippen MR) is 88.1 cm³/mol. The number of likely N-dealkylation sites (tertiary alicyclic amines) is 1. The largest absolute Gasteiger partial charge is 0.481 e. The molecule has 1 aromatic carbocycles. The molecule has 1 amide bonds. The fourth-order valence-electron chi connectivity index (χ4n) is 4.36. The molecule has 1 saturated carbocycles. The first-order valence-electron chi connectivity index (χ1n) is 8.60. The van der Waals surface area contributed by atoms with Gasteiger partial charge in [0, 0.05) is 13.1 Å². The summed E-state index contributed by atoms with van der Waals surface area (Å²) in [5.41, 5.74) is 0.647. The van der Waals surface area contributed by atoms with Gasteiger partial charge in [-0.1, -0.05) is 50.1 Å². The monoisotopic (exact) mass is 315 g/mol. The van der Waals surface area contributed by atoms with E-state index >= 15 is 0 Å². The Bertz CT molecular complexity index is 578. The number of amides is 1. The van der Waals surface area contributed by atoms with E-state index in [4.69, 9.17) is 0 Å². The molecule has 2 aliphatic rings. The lowest BCUT2D eigenvalue weighted by atomic mass is 9.76. The first kappa shape index (κ1) is 16.0. The van der Waals surface area contributed by atoms with Gasteiger partial charge in [-0.15, -0.1) is 0 Å². The van der Waals surface area contributed by atoms with Crippen LogP contribution in [-0.2, 0) is 15.0 Å². The second-order valence-corrected chi connectivity index (χ2v) is 7.24. The summed E-state index contributed by atoms with van der Waals surface area (Å²) in [6.45, 7) is 3.07. The number of benzene rings is 1. The Morgan fingerprint density at radius 3 is 2.39 bits per heavy atom. The zero-order chi connectivity index (χ0) is 16.4. The molecule has 2 fully saturated rings. The lowest BCUT2D eigenvalue weighted by Gasteiger charge is -2.40. The summed E-state index contributed by atoms with van der Waals surface area (Å²) in [5.74, 6) is -0.839. The molecule has 0 radical (unpaired) electrons. The van der Waals surface area contributed by atoms with Crippen molar-refractivity contribution in [3.05, 3.63) is 35.9 Å². The van der Waals surface area contributed by atoms with Gasteiger partial charge in [0.25, 0.3) is 0 Å². The van der Waals surface area contributed by atoms with E-state index < -0.39 is 17.3 Å². The van der Waals surface area contributed by atoms with Crippen molar-refractivity contribution in [3.63, 3.8) is 0 Å². The van der Waals surface area contributed by atoms with Crippen LogP contribution in [0.25, 0.3) is 0 Å². The first-order chi connectivity index (χ1) is 11.0. The van der Waals surface area contributed by atoms with Crippen LogP contribution in [0.2, 0.25) is 0 Å². The van der Waals surface area contributed by atoms with Gasteiger partial charge in [0.05, 0.1) is 11.3 Å². The molecule has 0 spiro atoms. The summed E-state index contributed by atoms with van der Waals surface area (Å²) in [5, 5.41) is 9.36. The highest BCUT2D eigenvalue weighted by Gasteiger charge is 2.46. The molecule has 4 nitrogen and oxygen atoms in total. The summed E-state index contributed by atoms with van der Waals surface area (Å²) < 4.78 is 0. The highest BCUT2D eigenvalue weighted by Crippen LogP contribution is 2.43. The zero-order valence-corrected chi connectivity index (χ0v) is 13.7. The predicted octanol–water partition coefficient (Wildman–Crippen LogP) is 3.07. The quantitative estimate of drug-likeness (QED) is 0.932. The summed E-state index contributed by atoms with van der Waals surface area (Å²) in [7, 11) is 0. The number of carboxylic acids is 1. The minimum atomic E-state index is -0.783. The molecule has 1 N–H and O–H groups in total. The number of rotatable bonds is 3. The van der Waals surface area contributed by atoms with Gasteiger partial charge in [0.15, 0.2) is 0 Å². The molecular weight excluding hydrogens is 290 g/mol. The molecule has 1 heterocycles. The first-order valence-corrected chi connectivity index (χ1v) is 8.60. The number of hydrogen-bond acceptors (Lipinski definition) is 2. The number of carbonyl (C=O) groups is 2. The molecule has 1 saturated heterocycles. The molecule has 23 heavy (non-hydrogen) atoms. The standard InChI is InChI=1S/C19H25NO3/c1-14-11-15(17(21)22)13-20(12-14)18(23)19(9-5-6-10-19)16-7-3-2-4-8-16/h2-4,7-8,14-15H,5-6,9-13H2,1H3,(H,21,22). The maximum atomic E-state index is 13.4. The zero-order valence-electron chi connectivity index (χ0n) is 13.7. The topological polar surface area (TPSA) is 57.6 Å². The van der Waals surface area contributed by atoms with Crippen LogP contribution in [0.1, 0.15) is 44.6 Å². The van der Waals surface area contributed by atoms with Crippen LogP contribution in [0.5, 0.6) is 0 Å². The fourth-order valence-corrected chi connectivity index (χ4v) is 4.36. The van der Waals surface area contributed by atoms with E-state index in [1.165, 1.54) is 0 Å². The fraction of sp³-hybridized carbons (Fsp3) is 0.579. The van der Waals surface area contributed by atoms with Gasteiger partial charge in [-0.2, -0.15) is 0 Å². The Labute approximate surface area is 137 Å². The molecule has 1 aromatic rings. The summed E-state index contributed by atoms with van der Waals surface area (Å²) in [6.07, 6.45) is 4.53. The van der Waals surface area contributed by atoms with E-state index in [-0.39, 0.29) is 11.8 Å². The lowest BCUT2D eigenvalue weighted by Crippen LogP contribution is -2.52. The normalized spacial score (nSPS) is 26.9. The number of aliphatic carboxylic acids is 1. The molecule has 0 bridgehead atoms. The minimum absolute atomic E-state index is 0.138. The molecule has 3 rings (SSSR count). The number of nitrogens with zero attached hydrogens (tertiary/aromatic N) is 1. The molecule has 2 unspecified atom stereocenters. The number of carboxylic acid groups (broad SMARTS) is 1. The average Bonchev–Trinajstić information content (AvgIpc) is 3.05. The van der Waals surface area contributed by atoms with Crippen LogP contribution in [0.3, 0.4) is 0 Å². The molecule has 1 aliphatic carbocycles. The van der Waals surface area contributed by atoms with E-state index in [1.807, 2.05) is 42.2 Å². The molecule has 4 heteroatoms. The molecule has 1 aliphatic heterocycles. The molecule has 0 aromatic heterocycles. The average molecular weight is 315 g/mol. The highest BCUT2D eigenvalue weighted by atomic mass is 16.4. The van der Waals surface area contributed by atoms with Crippen LogP contribution in [0.15, 0.2) is 30.3 Å². The Morgan fingerprint density at radius 1 is 1.13 bits per heavy atom. The van der Waals surface area contributed by atoms with Crippen molar-refractivity contribution in [1.82, 2.24) is 4.90 Å². The maximum absolute atomic E-state index is 13.4. The van der Waals surface area contributed by atoms with E-state index in [2.05, 4.69) is 0 Å². The van der Waals surface area contributed by atoms with Gasteiger partial charge in [-0.3, -0.25) is 9.59 Å². The summed E-state index contributed by atoms with van der Waals surface area (Å²) in [4.78, 5) is 26.6. The van der Waals surface area contributed by atoms with Crippen molar-refractivity contribution in [1.29, 1.82) is 0 Å². The van der Waals surface area contributed by atoms with Gasteiger partial charge < -0.3 is 10.0 Å². The Kier molecular flexibility index (Phi) is 4.42. The minimum Gasteiger partial charge on any atom is -0.481 e. The van der Waals surface area contributed by atoms with Crippen LogP contribution in [-0.4, -0.2) is 35.0 Å². The van der Waals surface area contributed by atoms with E-state index in [1.54, 1.807) is 0 Å². The number of hydrogen-bond donors (Lipinski definition) is 1. The van der Waals surface area contributed by atoms with Crippen LogP contribution in [0.4, 0.5) is 0 Å². The Morgan fingerprint density at radius 2 is 1.78 bits per heavy atom. The van der Waals surface area contributed by atoms with Crippen molar-refractivity contribution in [2.24, 2.45) is 11.8 Å². The maximum Gasteiger partial charge on any atom is 0.308 e. The number of piperidine rings is 1. The summed E-state index contributed by atoms with van der Waals surface area (Å²) >= 11 is 0. The second-order valence-electron chi connectivity index (χ2n) is 7.24. The van der Waals surface area contributed by atoms with E-state index in [0.717, 1.165) is 31.2 Å². The van der Waals surface area contributed by atoms with Gasteiger partial charge in [-0.05, 0) is 30.7 Å². The van der Waals surface area contributed by atoms with Crippen LogP contribution in [0, 0.1) is 11.8 Å². The van der Waals surface area contributed by atoms with Crippen molar-refractivity contribution in [3.8, 4) is 0 Å². The smallest absolute Gasteiger partial charge is 0.308 e. The van der Waals surface area contributed by atoms with Crippen molar-refractivity contribution < 1.29 is 14.7 Å². The van der Waals surface area contributed by atoms with Crippen LogP contribution >= 0.6 is 0 Å². The number of carbonyl (C=O) groups excluding carboxylic acids is 1. The second kappa shape index (κ2) is 6.34. The van der Waals surface area contributed by atoms with Crippen molar-refractivity contribution in [2.75, 3.05) is 13.1 Å². The van der Waals surface area contributed by atoms with Gasteiger partial charge >= 0.3 is 5.97 Å². The third-order valence-electron chi connectivity index (χ3n) is 5.49. The Hall–Kier alpha value is -1.84. The van der Waals surface area contributed by atoms with E-state index in [0.29, 0.717) is 19.5 Å². The molecule has 124 valence electrons. The molecular formula is C19H25NO3. The van der Waals surface area contributed by atoms with Crippen molar-refractivity contribution in [2.45, 2.75) is 44.4 Å². The van der Waals surface area contributed by atoms with Gasteiger partial charge in [0.1, 0.15) is 0 Å². The third kappa shape index (κ3) is 2.99. The summed E-state index contributed by atoms with van der Waals surface area (Å²) in [6, 6.07) is 10.0. The van der Waals surface area contributed by atoms with Gasteiger partial charge in [-0.25, -0.2) is 0 Å². The third-order valence-corrected chi connectivity index (χ3v) is 5.49. The SMILES string of the molecule is CC1CC(C(=O)O)CN(C(=O)C2(c3ccccc3)CCCC2)C1. The van der Waals surface area contributed by atoms with Crippen molar-refractivity contribution >= 4 is 11.9 Å². The Balaban J connectivity index is 1.88. The molecule has 2 atom stereocenters. The van der Waals surface area contributed by atoms with Gasteiger partial charge in [0.2, 0.25) is 5.91 Å². The van der Waals surface area contributed by atoms with E-state index in [9.17, 15) is 14.7 Å². The highest BCUT2D eigenvalue weighted by molar-refractivity contribution is 5.89. The lowest BCUT2D eigenvalue weighted by molar-refractivity contribution is -0.148.